The number of ether oxygens (including phenoxy) is 2. The number of nitrogens with one attached hydrogen (secondary N) is 2. The lowest BCUT2D eigenvalue weighted by Gasteiger charge is -2.44. The third-order valence-corrected chi connectivity index (χ3v) is 6.28. The lowest BCUT2D eigenvalue weighted by atomic mass is 9.96. The van der Waals surface area contributed by atoms with Crippen LogP contribution in [-0.4, -0.2) is 87.9 Å². The number of guanidine groups is 1. The summed E-state index contributed by atoms with van der Waals surface area (Å²) in [5, 5.41) is 7.07. The molecule has 1 aromatic carbocycles. The highest BCUT2D eigenvalue weighted by molar-refractivity contribution is 14.0. The first-order chi connectivity index (χ1) is 15.4. The van der Waals surface area contributed by atoms with Gasteiger partial charge in [-0.05, 0) is 71.8 Å². The van der Waals surface area contributed by atoms with Gasteiger partial charge in [0, 0.05) is 51.0 Å². The lowest BCUT2D eigenvalue weighted by Crippen LogP contribution is -2.57. The highest BCUT2D eigenvalue weighted by Crippen LogP contribution is 2.22. The highest BCUT2D eigenvalue weighted by Gasteiger charge is 2.31. The smallest absolute Gasteiger partial charge is 0.191 e. The summed E-state index contributed by atoms with van der Waals surface area (Å²) in [4.78, 5) is 9.81. The van der Waals surface area contributed by atoms with E-state index in [0.717, 1.165) is 63.1 Å². The van der Waals surface area contributed by atoms with Crippen molar-refractivity contribution < 1.29 is 9.47 Å². The molecule has 1 aromatic rings. The molecule has 1 aliphatic rings. The van der Waals surface area contributed by atoms with Crippen molar-refractivity contribution in [2.24, 2.45) is 4.99 Å². The van der Waals surface area contributed by atoms with E-state index in [1.807, 2.05) is 19.1 Å². The summed E-state index contributed by atoms with van der Waals surface area (Å²) < 4.78 is 10.7. The Morgan fingerprint density at radius 2 is 1.82 bits per heavy atom. The molecule has 8 heteroatoms. The van der Waals surface area contributed by atoms with E-state index in [1.165, 1.54) is 12.8 Å². The molecule has 0 unspecified atom stereocenters. The number of nitrogens with zero attached hydrogens (tertiary/aromatic N) is 3. The van der Waals surface area contributed by atoms with Crippen LogP contribution in [0.2, 0.25) is 0 Å². The molecule has 1 saturated heterocycles. The van der Waals surface area contributed by atoms with Crippen LogP contribution < -0.4 is 15.4 Å². The molecule has 0 atom stereocenters. The number of benzene rings is 1. The first kappa shape index (κ1) is 29.9. The van der Waals surface area contributed by atoms with Crippen LogP contribution >= 0.6 is 24.0 Å². The number of methoxy groups -OCH3 is 1. The van der Waals surface area contributed by atoms with Gasteiger partial charge in [0.25, 0.3) is 0 Å². The molecule has 1 aliphatic heterocycles. The van der Waals surface area contributed by atoms with Gasteiger partial charge in [-0.3, -0.25) is 4.90 Å². The second kappa shape index (κ2) is 15.7. The molecule has 1 heterocycles. The maximum absolute atomic E-state index is 5.46. The van der Waals surface area contributed by atoms with Gasteiger partial charge in [-0.25, -0.2) is 4.99 Å². The Balaban J connectivity index is 0.00000544. The van der Waals surface area contributed by atoms with Crippen molar-refractivity contribution in [3.63, 3.8) is 0 Å². The van der Waals surface area contributed by atoms with E-state index >= 15 is 0 Å². The molecule has 0 spiro atoms. The molecular formula is C25H46IN5O2. The van der Waals surface area contributed by atoms with Crippen LogP contribution in [0.25, 0.3) is 0 Å². The Bertz CT molecular complexity index is 674. The summed E-state index contributed by atoms with van der Waals surface area (Å²) in [6.45, 7) is 12.8. The monoisotopic (exact) mass is 575 g/mol. The molecule has 0 bridgehead atoms. The van der Waals surface area contributed by atoms with Gasteiger partial charge in [-0.2, -0.15) is 0 Å². The first-order valence-corrected chi connectivity index (χ1v) is 12.0. The Morgan fingerprint density at radius 1 is 1.15 bits per heavy atom. The molecule has 0 amide bonds. The summed E-state index contributed by atoms with van der Waals surface area (Å²) in [6.07, 6.45) is 3.41. The fraction of sp³-hybridized carbons (Fsp3) is 0.720. The van der Waals surface area contributed by atoms with E-state index in [9.17, 15) is 0 Å². The van der Waals surface area contributed by atoms with Crippen LogP contribution in [-0.2, 0) is 11.3 Å². The molecule has 190 valence electrons. The van der Waals surface area contributed by atoms with Crippen LogP contribution in [0.1, 0.15) is 45.6 Å². The second-order valence-corrected chi connectivity index (χ2v) is 9.34. The number of hydrogen-bond donors (Lipinski definition) is 2. The fourth-order valence-corrected chi connectivity index (χ4v) is 4.00. The third kappa shape index (κ3) is 10.8. The number of piperidine rings is 1. The van der Waals surface area contributed by atoms with E-state index in [1.54, 1.807) is 7.11 Å². The molecule has 2 rings (SSSR count). The highest BCUT2D eigenvalue weighted by atomic mass is 127. The van der Waals surface area contributed by atoms with Gasteiger partial charge in [-0.1, -0.05) is 12.1 Å². The average molecular weight is 576 g/mol. The van der Waals surface area contributed by atoms with Crippen molar-refractivity contribution >= 4 is 29.9 Å². The predicted molar refractivity (Wildman–Crippen MR) is 149 cm³/mol. The lowest BCUT2D eigenvalue weighted by molar-refractivity contribution is 0.0643. The molecule has 33 heavy (non-hydrogen) atoms. The largest absolute Gasteiger partial charge is 0.497 e. The standard InChI is InChI=1S/C25H45N5O2.HI/c1-7-32-18-8-15-26-24(27-19-21-9-11-23(31-6)12-10-21)28-20-25(2,3)30-16-13-22(14-17-30)29(4)5;/h9-12,22H,7-8,13-20H2,1-6H3,(H2,26,27,28);1H. The SMILES string of the molecule is CCOCCCNC(=NCc1ccc(OC)cc1)NCC(C)(C)N1CCC(N(C)C)CC1.I. The molecule has 0 radical (unpaired) electrons. The average Bonchev–Trinajstić information content (AvgIpc) is 2.80. The van der Waals surface area contributed by atoms with E-state index < -0.39 is 0 Å². The summed E-state index contributed by atoms with van der Waals surface area (Å²) in [7, 11) is 6.07. The van der Waals surface area contributed by atoms with Gasteiger partial charge in [0.15, 0.2) is 5.96 Å². The third-order valence-electron chi connectivity index (χ3n) is 6.28. The minimum absolute atomic E-state index is 0. The number of halogens is 1. The molecule has 0 saturated carbocycles. The quantitative estimate of drug-likeness (QED) is 0.172. The minimum atomic E-state index is 0. The Morgan fingerprint density at radius 3 is 2.39 bits per heavy atom. The van der Waals surface area contributed by atoms with Crippen LogP contribution in [0.3, 0.4) is 0 Å². The summed E-state index contributed by atoms with van der Waals surface area (Å²) in [5.74, 6) is 1.72. The first-order valence-electron chi connectivity index (χ1n) is 12.0. The Kier molecular flexibility index (Phi) is 14.3. The molecule has 1 fully saturated rings. The van der Waals surface area contributed by atoms with Crippen LogP contribution in [0.5, 0.6) is 5.75 Å². The summed E-state index contributed by atoms with van der Waals surface area (Å²) in [6, 6.07) is 8.78. The van der Waals surface area contributed by atoms with E-state index in [0.29, 0.717) is 12.6 Å². The van der Waals surface area contributed by atoms with Crippen LogP contribution in [0.15, 0.2) is 29.3 Å². The Labute approximate surface area is 218 Å². The zero-order valence-electron chi connectivity index (χ0n) is 21.5. The van der Waals surface area contributed by atoms with Crippen LogP contribution in [0, 0.1) is 0 Å². The van der Waals surface area contributed by atoms with Gasteiger partial charge in [-0.15, -0.1) is 24.0 Å². The number of aliphatic imine (C=N–C) groups is 1. The molecular weight excluding hydrogens is 529 g/mol. The topological polar surface area (TPSA) is 61.4 Å². The van der Waals surface area contributed by atoms with Gasteiger partial charge in [0.1, 0.15) is 5.75 Å². The zero-order chi connectivity index (χ0) is 23.4. The Hall–Kier alpha value is -1.10. The predicted octanol–water partition coefficient (Wildman–Crippen LogP) is 3.58. The van der Waals surface area contributed by atoms with Gasteiger partial charge >= 0.3 is 0 Å². The summed E-state index contributed by atoms with van der Waals surface area (Å²) in [5.41, 5.74) is 1.22. The maximum atomic E-state index is 5.46. The normalized spacial score (nSPS) is 15.9. The van der Waals surface area contributed by atoms with Crippen molar-refractivity contribution in [3.8, 4) is 5.75 Å². The number of hydrogen-bond acceptors (Lipinski definition) is 5. The second-order valence-electron chi connectivity index (χ2n) is 9.34. The number of rotatable bonds is 12. The van der Waals surface area contributed by atoms with Gasteiger partial charge in [0.2, 0.25) is 0 Å². The molecule has 2 N–H and O–H groups in total. The van der Waals surface area contributed by atoms with Crippen molar-refractivity contribution in [3.05, 3.63) is 29.8 Å². The van der Waals surface area contributed by atoms with Crippen molar-refractivity contribution in [2.75, 3.05) is 60.6 Å². The molecule has 0 aromatic heterocycles. The summed E-state index contributed by atoms with van der Waals surface area (Å²) >= 11 is 0. The van der Waals surface area contributed by atoms with Crippen molar-refractivity contribution in [1.82, 2.24) is 20.4 Å². The fourth-order valence-electron chi connectivity index (χ4n) is 4.00. The minimum Gasteiger partial charge on any atom is -0.497 e. The van der Waals surface area contributed by atoms with Crippen molar-refractivity contribution in [1.29, 1.82) is 0 Å². The number of likely N-dealkylation sites (tertiary alicyclic amines) is 1. The van der Waals surface area contributed by atoms with E-state index in [2.05, 4.69) is 60.5 Å². The van der Waals surface area contributed by atoms with Crippen molar-refractivity contribution in [2.45, 2.75) is 58.2 Å². The maximum Gasteiger partial charge on any atom is 0.191 e. The zero-order valence-corrected chi connectivity index (χ0v) is 23.9. The van der Waals surface area contributed by atoms with Gasteiger partial charge < -0.3 is 25.0 Å². The van der Waals surface area contributed by atoms with Gasteiger partial charge in [0.05, 0.1) is 13.7 Å². The molecule has 0 aliphatic carbocycles. The van der Waals surface area contributed by atoms with Crippen LogP contribution in [0.4, 0.5) is 0 Å². The van der Waals surface area contributed by atoms with E-state index in [4.69, 9.17) is 14.5 Å². The van der Waals surface area contributed by atoms with E-state index in [-0.39, 0.29) is 29.5 Å². The molecule has 7 nitrogen and oxygen atoms in total.